The Kier molecular flexibility index (Phi) is 10.8. The van der Waals surface area contributed by atoms with E-state index in [0.717, 1.165) is 35.2 Å². The summed E-state index contributed by atoms with van der Waals surface area (Å²) in [5.41, 5.74) is 1.25. The van der Waals surface area contributed by atoms with Gasteiger partial charge in [-0.3, -0.25) is 0 Å². The van der Waals surface area contributed by atoms with Gasteiger partial charge in [-0.25, -0.2) is 9.97 Å². The molecule has 0 N–H and O–H groups in total. The standard InChI is InChI=1S/C26H38N2OS2/c1-3-5-7-9-10-11-12-14-16-29-25-18-23-22(31-25)17-24(30-23)26-27-19-21(20-28-26)15-13-8-6-4-2/h17-20H,3-16H2,1-2H3. The lowest BCUT2D eigenvalue weighted by atomic mass is 10.1. The Morgan fingerprint density at radius 1 is 0.710 bits per heavy atom. The normalized spacial score (nSPS) is 11.4. The Bertz CT molecular complexity index is 838. The summed E-state index contributed by atoms with van der Waals surface area (Å²) in [5, 5.41) is 1.04. The third kappa shape index (κ3) is 8.19. The highest BCUT2D eigenvalue weighted by Crippen LogP contribution is 2.40. The van der Waals surface area contributed by atoms with Gasteiger partial charge < -0.3 is 4.74 Å². The number of fused-ring (bicyclic) bond motifs is 1. The molecule has 0 unspecified atom stereocenters. The first-order valence-electron chi connectivity index (χ1n) is 12.3. The Labute approximate surface area is 196 Å². The Balaban J connectivity index is 1.40. The molecule has 3 nitrogen and oxygen atoms in total. The lowest BCUT2D eigenvalue weighted by Crippen LogP contribution is -1.95. The van der Waals surface area contributed by atoms with Gasteiger partial charge >= 0.3 is 0 Å². The van der Waals surface area contributed by atoms with Crippen LogP contribution >= 0.6 is 22.7 Å². The van der Waals surface area contributed by atoms with Crippen molar-refractivity contribution in [3.8, 4) is 15.8 Å². The molecule has 31 heavy (non-hydrogen) atoms. The first-order valence-corrected chi connectivity index (χ1v) is 13.9. The third-order valence-corrected chi connectivity index (χ3v) is 7.87. The number of hydrogen-bond donors (Lipinski definition) is 0. The highest BCUT2D eigenvalue weighted by molar-refractivity contribution is 7.30. The fourth-order valence-electron chi connectivity index (χ4n) is 3.77. The van der Waals surface area contributed by atoms with Crippen molar-refractivity contribution in [3.05, 3.63) is 30.1 Å². The summed E-state index contributed by atoms with van der Waals surface area (Å²) >= 11 is 3.51. The molecule has 3 heterocycles. The van der Waals surface area contributed by atoms with Gasteiger partial charge in [0.15, 0.2) is 10.9 Å². The van der Waals surface area contributed by atoms with Crippen LogP contribution < -0.4 is 4.74 Å². The molecule has 0 spiro atoms. The zero-order valence-electron chi connectivity index (χ0n) is 19.3. The molecule has 3 rings (SSSR count). The van der Waals surface area contributed by atoms with E-state index >= 15 is 0 Å². The number of unbranched alkanes of at least 4 members (excludes halogenated alkanes) is 10. The van der Waals surface area contributed by atoms with Crippen molar-refractivity contribution >= 4 is 32.1 Å². The van der Waals surface area contributed by atoms with Crippen LogP contribution in [0.3, 0.4) is 0 Å². The SMILES string of the molecule is CCCCCCCCCCOc1cc2sc(-c3ncc(CCCCCC)cn3)cc2s1. The van der Waals surface area contributed by atoms with Gasteiger partial charge in [-0.05, 0) is 30.9 Å². The molecule has 0 amide bonds. The highest BCUT2D eigenvalue weighted by atomic mass is 32.1. The summed E-state index contributed by atoms with van der Waals surface area (Å²) in [6.45, 7) is 5.35. The van der Waals surface area contributed by atoms with Crippen LogP contribution in [0, 0.1) is 0 Å². The van der Waals surface area contributed by atoms with Crippen LogP contribution in [-0.2, 0) is 6.42 Å². The monoisotopic (exact) mass is 458 g/mol. The van der Waals surface area contributed by atoms with Gasteiger partial charge in [0.25, 0.3) is 0 Å². The van der Waals surface area contributed by atoms with Crippen LogP contribution in [0.5, 0.6) is 5.06 Å². The second-order valence-electron chi connectivity index (χ2n) is 8.45. The van der Waals surface area contributed by atoms with Gasteiger partial charge in [0.05, 0.1) is 11.5 Å². The predicted molar refractivity (Wildman–Crippen MR) is 137 cm³/mol. The zero-order valence-corrected chi connectivity index (χ0v) is 21.0. The molecule has 0 saturated heterocycles. The van der Waals surface area contributed by atoms with Crippen LogP contribution in [-0.4, -0.2) is 16.6 Å². The number of thiophene rings is 2. The van der Waals surface area contributed by atoms with E-state index < -0.39 is 0 Å². The average molecular weight is 459 g/mol. The second-order valence-corrected chi connectivity index (χ2v) is 10.6. The zero-order chi connectivity index (χ0) is 21.7. The lowest BCUT2D eigenvalue weighted by Gasteiger charge is -2.03. The van der Waals surface area contributed by atoms with Crippen molar-refractivity contribution in [1.29, 1.82) is 0 Å². The molecule has 3 aromatic heterocycles. The summed E-state index contributed by atoms with van der Waals surface area (Å²) in [5.74, 6) is 0.840. The van der Waals surface area contributed by atoms with Crippen molar-refractivity contribution in [3.63, 3.8) is 0 Å². The summed E-state index contributed by atoms with van der Waals surface area (Å²) in [6.07, 6.45) is 20.8. The molecule has 0 aliphatic carbocycles. The molecule has 0 aliphatic rings. The van der Waals surface area contributed by atoms with Crippen LogP contribution in [0.25, 0.3) is 20.1 Å². The molecular weight excluding hydrogens is 420 g/mol. The number of aromatic nitrogens is 2. The van der Waals surface area contributed by atoms with Crippen LogP contribution in [0.15, 0.2) is 24.5 Å². The molecule has 170 valence electrons. The van der Waals surface area contributed by atoms with Crippen LogP contribution in [0.1, 0.15) is 96.5 Å². The van der Waals surface area contributed by atoms with Crippen molar-refractivity contribution < 1.29 is 4.74 Å². The van der Waals surface area contributed by atoms with Crippen LogP contribution in [0.4, 0.5) is 0 Å². The summed E-state index contributed by atoms with van der Waals surface area (Å²) in [7, 11) is 0. The van der Waals surface area contributed by atoms with E-state index in [9.17, 15) is 0 Å². The quantitative estimate of drug-likeness (QED) is 0.201. The molecule has 0 saturated carbocycles. The van der Waals surface area contributed by atoms with E-state index in [-0.39, 0.29) is 0 Å². The maximum atomic E-state index is 6.00. The predicted octanol–water partition coefficient (Wildman–Crippen LogP) is 9.06. The van der Waals surface area contributed by atoms with E-state index in [1.807, 2.05) is 12.4 Å². The fourth-order valence-corrected chi connectivity index (χ4v) is 5.98. The van der Waals surface area contributed by atoms with Gasteiger partial charge in [0.2, 0.25) is 0 Å². The van der Waals surface area contributed by atoms with Gasteiger partial charge in [-0.1, -0.05) is 89.4 Å². The van der Waals surface area contributed by atoms with E-state index in [1.54, 1.807) is 22.7 Å². The molecule has 0 aliphatic heterocycles. The van der Waals surface area contributed by atoms with Gasteiger partial charge in [0.1, 0.15) is 0 Å². The van der Waals surface area contributed by atoms with Gasteiger partial charge in [-0.2, -0.15) is 0 Å². The topological polar surface area (TPSA) is 35.0 Å². The molecule has 5 heteroatoms. The Hall–Kier alpha value is -1.46. The summed E-state index contributed by atoms with van der Waals surface area (Å²) < 4.78 is 8.56. The lowest BCUT2D eigenvalue weighted by molar-refractivity contribution is 0.313. The maximum absolute atomic E-state index is 6.00. The summed E-state index contributed by atoms with van der Waals surface area (Å²) in [6, 6.07) is 4.39. The molecular formula is C26H38N2OS2. The van der Waals surface area contributed by atoms with E-state index in [2.05, 4.69) is 35.9 Å². The molecule has 0 atom stereocenters. The van der Waals surface area contributed by atoms with Crippen molar-refractivity contribution in [2.45, 2.75) is 97.3 Å². The molecule has 0 aromatic carbocycles. The number of ether oxygens (including phenoxy) is 1. The number of hydrogen-bond acceptors (Lipinski definition) is 5. The van der Waals surface area contributed by atoms with E-state index in [1.165, 1.54) is 85.6 Å². The Morgan fingerprint density at radius 2 is 1.32 bits per heavy atom. The third-order valence-electron chi connectivity index (χ3n) is 5.67. The van der Waals surface area contributed by atoms with Crippen molar-refractivity contribution in [2.75, 3.05) is 6.61 Å². The minimum absolute atomic E-state index is 0.832. The first kappa shape index (κ1) is 24.2. The van der Waals surface area contributed by atoms with Gasteiger partial charge in [0, 0.05) is 27.9 Å². The smallest absolute Gasteiger partial charge is 0.175 e. The minimum Gasteiger partial charge on any atom is -0.484 e. The number of nitrogens with zero attached hydrogens (tertiary/aromatic N) is 2. The first-order chi connectivity index (χ1) is 15.3. The van der Waals surface area contributed by atoms with E-state index in [4.69, 9.17) is 4.74 Å². The maximum Gasteiger partial charge on any atom is 0.175 e. The molecule has 0 radical (unpaired) electrons. The van der Waals surface area contributed by atoms with Crippen molar-refractivity contribution in [2.24, 2.45) is 0 Å². The highest BCUT2D eigenvalue weighted by Gasteiger charge is 2.11. The Morgan fingerprint density at radius 3 is 2.00 bits per heavy atom. The van der Waals surface area contributed by atoms with Crippen molar-refractivity contribution in [1.82, 2.24) is 9.97 Å². The minimum atomic E-state index is 0.832. The second kappa shape index (κ2) is 13.8. The fraction of sp³-hybridized carbons (Fsp3) is 0.615. The molecule has 0 fully saturated rings. The number of aryl methyl sites for hydroxylation is 1. The van der Waals surface area contributed by atoms with Crippen LogP contribution in [0.2, 0.25) is 0 Å². The van der Waals surface area contributed by atoms with E-state index in [0.29, 0.717) is 0 Å². The number of rotatable bonds is 16. The van der Waals surface area contributed by atoms with Gasteiger partial charge in [-0.15, -0.1) is 11.3 Å². The molecule has 0 bridgehead atoms. The largest absolute Gasteiger partial charge is 0.484 e. The average Bonchev–Trinajstić information content (AvgIpc) is 3.35. The summed E-state index contributed by atoms with van der Waals surface area (Å²) in [4.78, 5) is 10.4. The molecule has 3 aromatic rings.